The molecule has 0 radical (unpaired) electrons. The molecule has 0 aliphatic heterocycles. The molecule has 0 unspecified atom stereocenters. The van der Waals surface area contributed by atoms with Crippen LogP contribution < -0.4 is 0 Å². The van der Waals surface area contributed by atoms with Crippen molar-refractivity contribution in [2.75, 3.05) is 5.88 Å². The molecule has 0 heterocycles. The predicted octanol–water partition coefficient (Wildman–Crippen LogP) is 3.87. The summed E-state index contributed by atoms with van der Waals surface area (Å²) in [4.78, 5) is 0. The second kappa shape index (κ2) is 4.26. The van der Waals surface area contributed by atoms with Crippen molar-refractivity contribution < 1.29 is 8.78 Å². The van der Waals surface area contributed by atoms with E-state index in [2.05, 4.69) is 0 Å². The fourth-order valence-electron chi connectivity index (χ4n) is 1.30. The van der Waals surface area contributed by atoms with Gasteiger partial charge in [0.1, 0.15) is 0 Å². The highest BCUT2D eigenvalue weighted by Gasteiger charge is 2.20. The van der Waals surface area contributed by atoms with E-state index < -0.39 is 11.6 Å². The summed E-state index contributed by atoms with van der Waals surface area (Å²) >= 11 is 5.64. The molecule has 1 rings (SSSR count). The van der Waals surface area contributed by atoms with E-state index in [-0.39, 0.29) is 5.41 Å². The van der Waals surface area contributed by atoms with Crippen LogP contribution in [0.4, 0.5) is 8.78 Å². The lowest BCUT2D eigenvalue weighted by Crippen LogP contribution is -2.18. The Morgan fingerprint density at radius 1 is 1.21 bits per heavy atom. The van der Waals surface area contributed by atoms with Crippen LogP contribution in [0.1, 0.15) is 25.8 Å². The van der Waals surface area contributed by atoms with Crippen molar-refractivity contribution in [3.63, 3.8) is 0 Å². The van der Waals surface area contributed by atoms with Crippen LogP contribution in [0.3, 0.4) is 0 Å². The van der Waals surface area contributed by atoms with Crippen LogP contribution in [0.2, 0.25) is 0 Å². The van der Waals surface area contributed by atoms with Gasteiger partial charge < -0.3 is 0 Å². The highest BCUT2D eigenvalue weighted by molar-refractivity contribution is 6.17. The Hall–Kier alpha value is -0.630. The van der Waals surface area contributed by atoms with E-state index in [1.807, 2.05) is 13.8 Å². The molecule has 0 nitrogen and oxygen atoms in total. The molecule has 0 saturated heterocycles. The summed E-state index contributed by atoms with van der Waals surface area (Å²) < 4.78 is 25.6. The van der Waals surface area contributed by atoms with Crippen LogP contribution in [0, 0.1) is 11.6 Å². The third-order valence-electron chi connectivity index (χ3n) is 2.42. The van der Waals surface area contributed by atoms with E-state index in [1.165, 1.54) is 6.07 Å². The molecule has 0 amide bonds. The molecule has 14 heavy (non-hydrogen) atoms. The monoisotopic (exact) mass is 218 g/mol. The molecule has 0 atom stereocenters. The summed E-state index contributed by atoms with van der Waals surface area (Å²) in [5.41, 5.74) is 0.563. The molecule has 1 aromatic carbocycles. The summed E-state index contributed by atoms with van der Waals surface area (Å²) in [6.07, 6.45) is 0.736. The van der Waals surface area contributed by atoms with Crippen LogP contribution in [0.25, 0.3) is 0 Å². The maximum Gasteiger partial charge on any atom is 0.159 e. The Kier molecular flexibility index (Phi) is 3.48. The lowest BCUT2D eigenvalue weighted by Gasteiger charge is -2.24. The quantitative estimate of drug-likeness (QED) is 0.676. The first-order chi connectivity index (χ1) is 6.47. The SMILES string of the molecule is CC(C)(CCCl)c1ccc(F)c(F)c1. The summed E-state index contributed by atoms with van der Waals surface area (Å²) in [5.74, 6) is -1.10. The van der Waals surface area contributed by atoms with Crippen molar-refractivity contribution in [2.45, 2.75) is 25.7 Å². The Bertz CT molecular complexity index is 321. The minimum atomic E-state index is -0.810. The first-order valence-corrected chi connectivity index (χ1v) is 5.02. The van der Waals surface area contributed by atoms with Gasteiger partial charge in [-0.1, -0.05) is 19.9 Å². The van der Waals surface area contributed by atoms with Gasteiger partial charge in [0.2, 0.25) is 0 Å². The fourth-order valence-corrected chi connectivity index (χ4v) is 1.77. The highest BCUT2D eigenvalue weighted by Crippen LogP contribution is 2.28. The average molecular weight is 219 g/mol. The Labute approximate surface area is 87.9 Å². The van der Waals surface area contributed by atoms with E-state index in [4.69, 9.17) is 11.6 Å². The highest BCUT2D eigenvalue weighted by atomic mass is 35.5. The van der Waals surface area contributed by atoms with Gasteiger partial charge in [-0.2, -0.15) is 0 Å². The summed E-state index contributed by atoms with van der Waals surface area (Å²) in [7, 11) is 0. The van der Waals surface area contributed by atoms with Gasteiger partial charge in [0.25, 0.3) is 0 Å². The van der Waals surface area contributed by atoms with Crippen LogP contribution in [-0.2, 0) is 5.41 Å². The van der Waals surface area contributed by atoms with Crippen LogP contribution in [0.5, 0.6) is 0 Å². The van der Waals surface area contributed by atoms with Crippen LogP contribution >= 0.6 is 11.6 Å². The van der Waals surface area contributed by atoms with E-state index in [0.717, 1.165) is 18.1 Å². The van der Waals surface area contributed by atoms with E-state index in [9.17, 15) is 8.78 Å². The van der Waals surface area contributed by atoms with Crippen molar-refractivity contribution in [1.82, 2.24) is 0 Å². The third kappa shape index (κ3) is 2.44. The molecule has 0 aromatic heterocycles. The van der Waals surface area contributed by atoms with Gasteiger partial charge in [0, 0.05) is 5.88 Å². The molecular formula is C11H13ClF2. The Morgan fingerprint density at radius 3 is 2.36 bits per heavy atom. The molecule has 1 aromatic rings. The van der Waals surface area contributed by atoms with Gasteiger partial charge in [0.15, 0.2) is 11.6 Å². The third-order valence-corrected chi connectivity index (χ3v) is 2.61. The minimum absolute atomic E-state index is 0.212. The standard InChI is InChI=1S/C11H13ClF2/c1-11(2,5-6-12)8-3-4-9(13)10(14)7-8/h3-4,7H,5-6H2,1-2H3. The van der Waals surface area contributed by atoms with Gasteiger partial charge in [-0.25, -0.2) is 8.78 Å². The number of hydrogen-bond acceptors (Lipinski definition) is 0. The largest absolute Gasteiger partial charge is 0.204 e. The molecule has 0 aliphatic rings. The molecule has 0 spiro atoms. The van der Waals surface area contributed by atoms with Gasteiger partial charge in [0.05, 0.1) is 0 Å². The van der Waals surface area contributed by atoms with Crippen molar-refractivity contribution in [2.24, 2.45) is 0 Å². The zero-order valence-corrected chi connectivity index (χ0v) is 9.04. The van der Waals surface area contributed by atoms with Crippen molar-refractivity contribution in [3.8, 4) is 0 Å². The lowest BCUT2D eigenvalue weighted by molar-refractivity contribution is 0.481. The summed E-state index contributed by atoms with van der Waals surface area (Å²) in [6.45, 7) is 3.92. The molecule has 3 heteroatoms. The molecule has 0 bridgehead atoms. The van der Waals surface area contributed by atoms with Crippen molar-refractivity contribution in [1.29, 1.82) is 0 Å². The minimum Gasteiger partial charge on any atom is -0.204 e. The smallest absolute Gasteiger partial charge is 0.159 e. The topological polar surface area (TPSA) is 0 Å². The maximum absolute atomic E-state index is 12.9. The molecule has 0 fully saturated rings. The van der Waals surface area contributed by atoms with Gasteiger partial charge in [-0.15, -0.1) is 11.6 Å². The molecular weight excluding hydrogens is 206 g/mol. The molecule has 0 saturated carbocycles. The zero-order chi connectivity index (χ0) is 10.8. The van der Waals surface area contributed by atoms with Crippen molar-refractivity contribution in [3.05, 3.63) is 35.4 Å². The van der Waals surface area contributed by atoms with E-state index >= 15 is 0 Å². The number of alkyl halides is 1. The zero-order valence-electron chi connectivity index (χ0n) is 8.28. The lowest BCUT2D eigenvalue weighted by atomic mass is 9.82. The second-order valence-electron chi connectivity index (χ2n) is 3.95. The van der Waals surface area contributed by atoms with Crippen molar-refractivity contribution >= 4 is 11.6 Å². The maximum atomic E-state index is 12.9. The average Bonchev–Trinajstić information content (AvgIpc) is 2.09. The second-order valence-corrected chi connectivity index (χ2v) is 4.33. The predicted molar refractivity (Wildman–Crippen MR) is 54.7 cm³/mol. The molecule has 0 N–H and O–H groups in total. The molecule has 78 valence electrons. The van der Waals surface area contributed by atoms with E-state index in [0.29, 0.717) is 5.88 Å². The Balaban J connectivity index is 3.01. The Morgan fingerprint density at radius 2 is 1.86 bits per heavy atom. The first kappa shape index (κ1) is 11.4. The fraction of sp³-hybridized carbons (Fsp3) is 0.455. The summed E-state index contributed by atoms with van der Waals surface area (Å²) in [6, 6.07) is 3.99. The summed E-state index contributed by atoms with van der Waals surface area (Å²) in [5, 5.41) is 0. The number of hydrogen-bond donors (Lipinski definition) is 0. The first-order valence-electron chi connectivity index (χ1n) is 4.49. The number of benzene rings is 1. The number of halogens is 3. The van der Waals surface area contributed by atoms with E-state index in [1.54, 1.807) is 6.07 Å². The van der Waals surface area contributed by atoms with Gasteiger partial charge in [-0.3, -0.25) is 0 Å². The van der Waals surface area contributed by atoms with Crippen LogP contribution in [0.15, 0.2) is 18.2 Å². The van der Waals surface area contributed by atoms with Gasteiger partial charge >= 0.3 is 0 Å². The van der Waals surface area contributed by atoms with Gasteiger partial charge in [-0.05, 0) is 29.5 Å². The molecule has 0 aliphatic carbocycles. The number of rotatable bonds is 3. The normalized spacial score (nSPS) is 11.8. The van der Waals surface area contributed by atoms with Crippen LogP contribution in [-0.4, -0.2) is 5.88 Å².